The van der Waals surface area contributed by atoms with Gasteiger partial charge in [0.1, 0.15) is 18.3 Å². The summed E-state index contributed by atoms with van der Waals surface area (Å²) in [5, 5.41) is 61.6. The van der Waals surface area contributed by atoms with E-state index in [1.807, 2.05) is 0 Å². The topological polar surface area (TPSA) is 158 Å². The van der Waals surface area contributed by atoms with Crippen molar-refractivity contribution in [1.82, 2.24) is 0 Å². The van der Waals surface area contributed by atoms with E-state index in [9.17, 15) is 30.6 Å². The number of benzene rings is 2. The van der Waals surface area contributed by atoms with Crippen LogP contribution in [0.3, 0.4) is 0 Å². The first-order valence-corrected chi connectivity index (χ1v) is 11.9. The average Bonchev–Trinajstić information content (AvgIpc) is 2.88. The predicted molar refractivity (Wildman–Crippen MR) is 127 cm³/mol. The Morgan fingerprint density at radius 2 is 1.61 bits per heavy atom. The molecule has 2 aliphatic rings. The standard InChI is InChI=1S/C26H34O10/c1-12-23(30)24(31)25(32)26(36-12)35-11-17-15(10-27)6-14-8-21(34-3)19(29)9-16(14)22(17)13-4-5-18(28)20(7-13)33-2/h4-5,7-9,12,15,17,22-32H,6,10-11H2,1-3H3/t12-,15-,17-,22-,23-,24+,25+,26-/m0/s1. The number of fused-ring (bicyclic) bond motifs is 1. The monoisotopic (exact) mass is 506 g/mol. The Balaban J connectivity index is 1.73. The van der Waals surface area contributed by atoms with Crippen molar-refractivity contribution in [3.05, 3.63) is 47.0 Å². The molecule has 1 aliphatic carbocycles. The second-order valence-electron chi connectivity index (χ2n) is 9.46. The van der Waals surface area contributed by atoms with Gasteiger partial charge in [-0.05, 0) is 66.1 Å². The fourth-order valence-corrected chi connectivity index (χ4v) is 5.30. The highest BCUT2D eigenvalue weighted by atomic mass is 16.7. The third-order valence-corrected chi connectivity index (χ3v) is 7.35. The summed E-state index contributed by atoms with van der Waals surface area (Å²) in [6.07, 6.45) is -5.59. The van der Waals surface area contributed by atoms with Crippen LogP contribution in [0.4, 0.5) is 0 Å². The molecular weight excluding hydrogens is 472 g/mol. The van der Waals surface area contributed by atoms with Crippen LogP contribution in [0.5, 0.6) is 23.0 Å². The lowest BCUT2D eigenvalue weighted by molar-refractivity contribution is -0.296. The first-order chi connectivity index (χ1) is 17.2. The van der Waals surface area contributed by atoms with Crippen molar-refractivity contribution in [3.63, 3.8) is 0 Å². The number of phenols is 2. The van der Waals surface area contributed by atoms with Crippen molar-refractivity contribution in [3.8, 4) is 23.0 Å². The fraction of sp³-hybridized carbons (Fsp3) is 0.538. The van der Waals surface area contributed by atoms with Gasteiger partial charge in [0.2, 0.25) is 0 Å². The summed E-state index contributed by atoms with van der Waals surface area (Å²) in [5.74, 6) is -0.486. The summed E-state index contributed by atoms with van der Waals surface area (Å²) in [7, 11) is 2.92. The molecule has 0 radical (unpaired) electrons. The highest BCUT2D eigenvalue weighted by Crippen LogP contribution is 2.48. The van der Waals surface area contributed by atoms with Gasteiger partial charge in [-0.15, -0.1) is 0 Å². The molecule has 198 valence electrons. The minimum absolute atomic E-state index is 0.0263. The maximum absolute atomic E-state index is 10.6. The van der Waals surface area contributed by atoms with Crippen LogP contribution in [0.1, 0.15) is 29.5 Å². The third kappa shape index (κ3) is 4.84. The maximum Gasteiger partial charge on any atom is 0.186 e. The molecule has 36 heavy (non-hydrogen) atoms. The van der Waals surface area contributed by atoms with Crippen LogP contribution in [-0.2, 0) is 15.9 Å². The van der Waals surface area contributed by atoms with E-state index < -0.39 is 36.6 Å². The van der Waals surface area contributed by atoms with Crippen LogP contribution in [0.15, 0.2) is 30.3 Å². The van der Waals surface area contributed by atoms with Gasteiger partial charge in [-0.2, -0.15) is 0 Å². The number of hydrogen-bond acceptors (Lipinski definition) is 10. The Bertz CT molecular complexity index is 1060. The normalized spacial score (nSPS) is 32.1. The van der Waals surface area contributed by atoms with Crippen molar-refractivity contribution in [2.45, 2.75) is 50.0 Å². The van der Waals surface area contributed by atoms with E-state index in [1.54, 1.807) is 31.2 Å². The quantitative estimate of drug-likeness (QED) is 0.318. The fourth-order valence-electron chi connectivity index (χ4n) is 5.30. The van der Waals surface area contributed by atoms with Gasteiger partial charge in [-0.25, -0.2) is 0 Å². The molecule has 0 aromatic heterocycles. The van der Waals surface area contributed by atoms with Crippen LogP contribution in [0, 0.1) is 11.8 Å². The molecule has 0 spiro atoms. The van der Waals surface area contributed by atoms with Gasteiger partial charge in [0.05, 0.1) is 26.9 Å². The highest BCUT2D eigenvalue weighted by molar-refractivity contribution is 5.53. The molecule has 0 saturated carbocycles. The molecular formula is C26H34O10. The van der Waals surface area contributed by atoms with Crippen LogP contribution in [0.25, 0.3) is 0 Å². The van der Waals surface area contributed by atoms with Crippen LogP contribution < -0.4 is 9.47 Å². The van der Waals surface area contributed by atoms with E-state index in [0.717, 1.165) is 16.7 Å². The van der Waals surface area contributed by atoms with Crippen molar-refractivity contribution in [2.75, 3.05) is 27.4 Å². The average molecular weight is 507 g/mol. The second-order valence-corrected chi connectivity index (χ2v) is 9.46. The lowest BCUT2D eigenvalue weighted by atomic mass is 9.67. The van der Waals surface area contributed by atoms with Crippen molar-refractivity contribution >= 4 is 0 Å². The zero-order chi connectivity index (χ0) is 26.1. The molecule has 2 aromatic carbocycles. The lowest BCUT2D eigenvalue weighted by Crippen LogP contribution is -2.57. The summed E-state index contributed by atoms with van der Waals surface area (Å²) >= 11 is 0. The summed E-state index contributed by atoms with van der Waals surface area (Å²) < 4.78 is 22.2. The van der Waals surface area contributed by atoms with E-state index in [4.69, 9.17) is 18.9 Å². The summed E-state index contributed by atoms with van der Waals surface area (Å²) in [4.78, 5) is 0. The molecule has 0 bridgehead atoms. The van der Waals surface area contributed by atoms with Gasteiger partial charge in [0.25, 0.3) is 0 Å². The van der Waals surface area contributed by atoms with Gasteiger partial charge in [0.15, 0.2) is 29.3 Å². The SMILES string of the molecule is COc1cc([C@H]2c3cc(O)c(OC)cc3C[C@@H](CO)[C@@H]2CO[C@H]2O[C@@H](C)[C@H](O)[C@@H](O)[C@H]2O)ccc1O. The van der Waals surface area contributed by atoms with Gasteiger partial charge < -0.3 is 49.6 Å². The molecule has 2 aromatic rings. The molecule has 1 aliphatic heterocycles. The smallest absolute Gasteiger partial charge is 0.186 e. The Morgan fingerprint density at radius 1 is 0.917 bits per heavy atom. The Hall–Kier alpha value is -2.60. The van der Waals surface area contributed by atoms with Crippen LogP contribution in [-0.4, -0.2) is 88.8 Å². The second kappa shape index (κ2) is 10.8. The number of hydrogen-bond donors (Lipinski definition) is 6. The summed E-state index contributed by atoms with van der Waals surface area (Å²) in [5.41, 5.74) is 2.45. The molecule has 8 atom stereocenters. The van der Waals surface area contributed by atoms with E-state index in [1.165, 1.54) is 20.3 Å². The van der Waals surface area contributed by atoms with Crippen molar-refractivity contribution in [1.29, 1.82) is 0 Å². The van der Waals surface area contributed by atoms with Crippen molar-refractivity contribution < 1.29 is 49.6 Å². The molecule has 10 nitrogen and oxygen atoms in total. The molecule has 6 N–H and O–H groups in total. The van der Waals surface area contributed by atoms with E-state index in [-0.39, 0.29) is 42.3 Å². The zero-order valence-electron chi connectivity index (χ0n) is 20.4. The largest absolute Gasteiger partial charge is 0.504 e. The van der Waals surface area contributed by atoms with Gasteiger partial charge in [-0.1, -0.05) is 6.07 Å². The maximum atomic E-state index is 10.6. The molecule has 0 unspecified atom stereocenters. The predicted octanol–water partition coefficient (Wildman–Crippen LogP) is 0.872. The molecule has 1 heterocycles. The van der Waals surface area contributed by atoms with Gasteiger partial charge in [0, 0.05) is 12.5 Å². The number of rotatable bonds is 7. The molecule has 1 saturated heterocycles. The molecule has 0 amide bonds. The van der Waals surface area contributed by atoms with Crippen LogP contribution >= 0.6 is 0 Å². The number of aliphatic hydroxyl groups excluding tert-OH is 4. The molecule has 4 rings (SSSR count). The van der Waals surface area contributed by atoms with E-state index in [0.29, 0.717) is 12.2 Å². The van der Waals surface area contributed by atoms with E-state index in [2.05, 4.69) is 0 Å². The van der Waals surface area contributed by atoms with Gasteiger partial charge >= 0.3 is 0 Å². The number of phenolic OH excluding ortho intramolecular Hbond substituents is 2. The molecule has 1 fully saturated rings. The minimum atomic E-state index is -1.46. The number of ether oxygens (including phenoxy) is 4. The molecule has 10 heteroatoms. The Morgan fingerprint density at radius 3 is 2.28 bits per heavy atom. The number of aliphatic hydroxyl groups is 4. The third-order valence-electron chi connectivity index (χ3n) is 7.35. The van der Waals surface area contributed by atoms with E-state index >= 15 is 0 Å². The minimum Gasteiger partial charge on any atom is -0.504 e. The number of aromatic hydroxyl groups is 2. The first kappa shape index (κ1) is 26.5. The lowest BCUT2D eigenvalue weighted by Gasteiger charge is -2.42. The van der Waals surface area contributed by atoms with Gasteiger partial charge in [-0.3, -0.25) is 0 Å². The Kier molecular flexibility index (Phi) is 7.93. The summed E-state index contributed by atoms with van der Waals surface area (Å²) in [6.45, 7) is 1.45. The van der Waals surface area contributed by atoms with Crippen molar-refractivity contribution in [2.24, 2.45) is 11.8 Å². The van der Waals surface area contributed by atoms with Crippen LogP contribution in [0.2, 0.25) is 0 Å². The number of methoxy groups -OCH3 is 2. The first-order valence-electron chi connectivity index (χ1n) is 11.9. The zero-order valence-corrected chi connectivity index (χ0v) is 20.4. The summed E-state index contributed by atoms with van der Waals surface area (Å²) in [6, 6.07) is 8.35. The Labute approximate surface area is 209 Å². The highest BCUT2D eigenvalue weighted by Gasteiger charge is 2.44.